The first-order valence-electron chi connectivity index (χ1n) is 8.28. The number of imidazole rings is 1. The van der Waals surface area contributed by atoms with E-state index in [1.807, 2.05) is 24.7 Å². The molecule has 2 rings (SSSR count). The van der Waals surface area contributed by atoms with Crippen molar-refractivity contribution < 1.29 is 4.74 Å². The van der Waals surface area contributed by atoms with Gasteiger partial charge in [0, 0.05) is 45.4 Å². The Hall–Kier alpha value is -1.46. The maximum absolute atomic E-state index is 5.80. The van der Waals surface area contributed by atoms with Crippen molar-refractivity contribution in [3.05, 3.63) is 54.2 Å². The molecule has 0 atom stereocenters. The Morgan fingerprint density at radius 1 is 1.22 bits per heavy atom. The third-order valence-corrected chi connectivity index (χ3v) is 5.50. The number of pyridine rings is 1. The third kappa shape index (κ3) is 6.27. The first-order valence-corrected chi connectivity index (χ1v) is 12.0. The topological polar surface area (TPSA) is 39.9 Å². The van der Waals surface area contributed by atoms with Crippen molar-refractivity contribution in [2.45, 2.75) is 52.2 Å². The van der Waals surface area contributed by atoms with Gasteiger partial charge in [0.25, 0.3) is 0 Å². The molecule has 2 heterocycles. The number of hydrogen-bond donors (Lipinski definition) is 0. The summed E-state index contributed by atoms with van der Waals surface area (Å²) in [5.41, 5.74) is 2.41. The van der Waals surface area contributed by atoms with Crippen molar-refractivity contribution >= 4 is 8.07 Å². The Kier molecular flexibility index (Phi) is 6.54. The van der Waals surface area contributed by atoms with Gasteiger partial charge in [-0.2, -0.15) is 0 Å². The number of ether oxygens (including phenoxy) is 1. The maximum Gasteiger partial charge on any atom is 0.123 e. The highest BCUT2D eigenvalue weighted by atomic mass is 28.3. The molecule has 0 aliphatic carbocycles. The summed E-state index contributed by atoms with van der Waals surface area (Å²) in [7, 11) is -1.02. The van der Waals surface area contributed by atoms with Gasteiger partial charge in [-0.25, -0.2) is 4.98 Å². The molecule has 125 valence electrons. The lowest BCUT2D eigenvalue weighted by molar-refractivity contribution is 0.0860. The molecule has 0 bridgehead atoms. The second-order valence-corrected chi connectivity index (χ2v) is 12.7. The molecule has 0 aromatic carbocycles. The maximum atomic E-state index is 5.80. The molecule has 0 unspecified atom stereocenters. The average molecular weight is 331 g/mol. The molecular formula is C18H28N3OSi. The zero-order valence-corrected chi connectivity index (χ0v) is 15.7. The van der Waals surface area contributed by atoms with Crippen molar-refractivity contribution in [1.82, 2.24) is 14.5 Å². The standard InChI is InChI=1S/C18H28N3OSi/c1-16-7-6-10-19-17(16)8-5-9-18-20-11-12-21(18)15-22-13-14-23(2,3)4/h6-7,9-12H,5,8,13-15H2,1-4H3. The molecule has 0 aliphatic rings. The second-order valence-electron chi connectivity index (χ2n) is 7.11. The Balaban J connectivity index is 1.76. The fourth-order valence-corrected chi connectivity index (χ4v) is 3.04. The molecule has 0 aliphatic heterocycles. The summed E-state index contributed by atoms with van der Waals surface area (Å²) in [5.74, 6) is 0.978. The number of hydrogen-bond acceptors (Lipinski definition) is 3. The molecule has 1 radical (unpaired) electrons. The number of aromatic nitrogens is 3. The van der Waals surface area contributed by atoms with Crippen molar-refractivity contribution in [2.24, 2.45) is 0 Å². The zero-order valence-electron chi connectivity index (χ0n) is 14.7. The van der Waals surface area contributed by atoms with Crippen molar-refractivity contribution in [3.8, 4) is 0 Å². The van der Waals surface area contributed by atoms with Crippen LogP contribution in [0.4, 0.5) is 0 Å². The summed E-state index contributed by atoms with van der Waals surface area (Å²) >= 11 is 0. The zero-order chi connectivity index (χ0) is 16.7. The van der Waals surface area contributed by atoms with E-state index in [9.17, 15) is 0 Å². The van der Waals surface area contributed by atoms with Crippen LogP contribution in [0.3, 0.4) is 0 Å². The predicted molar refractivity (Wildman–Crippen MR) is 97.0 cm³/mol. The fraction of sp³-hybridized carbons (Fsp3) is 0.500. The first kappa shape index (κ1) is 17.9. The number of aryl methyl sites for hydroxylation is 2. The van der Waals surface area contributed by atoms with Crippen LogP contribution >= 0.6 is 0 Å². The summed E-state index contributed by atoms with van der Waals surface area (Å²) < 4.78 is 7.87. The average Bonchev–Trinajstić information content (AvgIpc) is 2.92. The molecule has 4 nitrogen and oxygen atoms in total. The van der Waals surface area contributed by atoms with Crippen LogP contribution < -0.4 is 0 Å². The highest BCUT2D eigenvalue weighted by Crippen LogP contribution is 2.12. The Bertz CT molecular complexity index is 604. The van der Waals surface area contributed by atoms with Gasteiger partial charge in [0.05, 0.1) is 0 Å². The SMILES string of the molecule is Cc1cccnc1CC[CH]c1nccn1COCC[Si](C)(C)C. The van der Waals surface area contributed by atoms with Gasteiger partial charge < -0.3 is 9.30 Å². The number of nitrogens with zero attached hydrogens (tertiary/aromatic N) is 3. The minimum atomic E-state index is -1.02. The molecule has 0 fully saturated rings. The van der Waals surface area contributed by atoms with Gasteiger partial charge in [0.1, 0.15) is 12.6 Å². The normalized spacial score (nSPS) is 11.8. The van der Waals surface area contributed by atoms with Gasteiger partial charge in [-0.3, -0.25) is 4.98 Å². The molecule has 23 heavy (non-hydrogen) atoms. The molecule has 0 saturated carbocycles. The quantitative estimate of drug-likeness (QED) is 0.514. The van der Waals surface area contributed by atoms with Gasteiger partial charge in [-0.1, -0.05) is 25.7 Å². The van der Waals surface area contributed by atoms with E-state index >= 15 is 0 Å². The van der Waals surface area contributed by atoms with Crippen molar-refractivity contribution in [1.29, 1.82) is 0 Å². The Morgan fingerprint density at radius 3 is 2.78 bits per heavy atom. The lowest BCUT2D eigenvalue weighted by Gasteiger charge is -2.16. The summed E-state index contributed by atoms with van der Waals surface area (Å²) in [6.07, 6.45) is 9.71. The van der Waals surface area contributed by atoms with E-state index in [2.05, 4.69) is 53.6 Å². The van der Waals surface area contributed by atoms with Gasteiger partial charge in [0.15, 0.2) is 0 Å². The minimum Gasteiger partial charge on any atom is -0.361 e. The van der Waals surface area contributed by atoms with Crippen LogP contribution in [-0.2, 0) is 17.9 Å². The van der Waals surface area contributed by atoms with E-state index in [-0.39, 0.29) is 0 Å². The molecule has 2 aromatic heterocycles. The smallest absolute Gasteiger partial charge is 0.123 e. The largest absolute Gasteiger partial charge is 0.361 e. The van der Waals surface area contributed by atoms with E-state index in [1.165, 1.54) is 11.6 Å². The first-order chi connectivity index (χ1) is 11.0. The Morgan fingerprint density at radius 2 is 2.04 bits per heavy atom. The van der Waals surface area contributed by atoms with Crippen LogP contribution in [0.5, 0.6) is 0 Å². The van der Waals surface area contributed by atoms with Crippen LogP contribution in [-0.4, -0.2) is 29.2 Å². The summed E-state index contributed by atoms with van der Waals surface area (Å²) in [4.78, 5) is 8.85. The van der Waals surface area contributed by atoms with Crippen LogP contribution in [0, 0.1) is 13.3 Å². The minimum absolute atomic E-state index is 0.582. The van der Waals surface area contributed by atoms with Crippen LogP contribution in [0.15, 0.2) is 30.7 Å². The highest BCUT2D eigenvalue weighted by molar-refractivity contribution is 6.76. The van der Waals surface area contributed by atoms with E-state index in [4.69, 9.17) is 4.74 Å². The molecule has 0 saturated heterocycles. The van der Waals surface area contributed by atoms with Crippen LogP contribution in [0.1, 0.15) is 23.5 Å². The molecule has 0 amide bonds. The van der Waals surface area contributed by atoms with Gasteiger partial charge in [-0.05, 0) is 37.4 Å². The highest BCUT2D eigenvalue weighted by Gasteiger charge is 2.12. The molecule has 2 aromatic rings. The molecule has 0 N–H and O–H groups in total. The van der Waals surface area contributed by atoms with E-state index in [0.717, 1.165) is 31.0 Å². The third-order valence-electron chi connectivity index (χ3n) is 3.80. The van der Waals surface area contributed by atoms with E-state index in [1.54, 1.807) is 0 Å². The monoisotopic (exact) mass is 330 g/mol. The molecular weight excluding hydrogens is 302 g/mol. The lowest BCUT2D eigenvalue weighted by atomic mass is 10.1. The fourth-order valence-electron chi connectivity index (χ4n) is 2.28. The predicted octanol–water partition coefficient (Wildman–Crippen LogP) is 4.08. The van der Waals surface area contributed by atoms with Crippen LogP contribution in [0.25, 0.3) is 0 Å². The summed E-state index contributed by atoms with van der Waals surface area (Å²) in [6.45, 7) is 10.6. The second kappa shape index (κ2) is 8.41. The Labute approximate surface area is 140 Å². The molecule has 0 spiro atoms. The van der Waals surface area contributed by atoms with Crippen molar-refractivity contribution in [3.63, 3.8) is 0 Å². The van der Waals surface area contributed by atoms with Gasteiger partial charge in [-0.15, -0.1) is 0 Å². The lowest BCUT2D eigenvalue weighted by Crippen LogP contribution is -2.22. The van der Waals surface area contributed by atoms with Crippen molar-refractivity contribution in [2.75, 3.05) is 6.61 Å². The number of rotatable bonds is 9. The summed E-state index contributed by atoms with van der Waals surface area (Å²) in [5, 5.41) is 0. The van der Waals surface area contributed by atoms with Gasteiger partial charge in [0.2, 0.25) is 0 Å². The van der Waals surface area contributed by atoms with Crippen LogP contribution in [0.2, 0.25) is 25.7 Å². The summed E-state index contributed by atoms with van der Waals surface area (Å²) in [6, 6.07) is 5.28. The van der Waals surface area contributed by atoms with Gasteiger partial charge >= 0.3 is 0 Å². The molecule has 5 heteroatoms. The van der Waals surface area contributed by atoms with E-state index < -0.39 is 8.07 Å². The van der Waals surface area contributed by atoms with E-state index in [0.29, 0.717) is 6.73 Å².